The van der Waals surface area contributed by atoms with E-state index in [1.54, 1.807) is 24.3 Å². The second-order valence-corrected chi connectivity index (χ2v) is 8.44. The number of hydrogen-bond acceptors (Lipinski definition) is 6. The summed E-state index contributed by atoms with van der Waals surface area (Å²) < 4.78 is 29.0. The maximum absolute atomic E-state index is 12.7. The van der Waals surface area contributed by atoms with Gasteiger partial charge < -0.3 is 0 Å². The number of sulfonamides is 1. The Morgan fingerprint density at radius 3 is 2.55 bits per heavy atom. The van der Waals surface area contributed by atoms with Gasteiger partial charge in [0.05, 0.1) is 14.7 Å². The van der Waals surface area contributed by atoms with Crippen molar-refractivity contribution in [3.05, 3.63) is 87.8 Å². The second-order valence-electron chi connectivity index (χ2n) is 5.83. The molecule has 1 fully saturated rings. The van der Waals surface area contributed by atoms with Crippen molar-refractivity contribution in [3.8, 4) is 0 Å². The summed E-state index contributed by atoms with van der Waals surface area (Å²) in [6.07, 6.45) is 2.92. The number of nitro benzene ring substituents is 1. The topological polar surface area (TPSA) is 110 Å². The van der Waals surface area contributed by atoms with Crippen LogP contribution in [0.1, 0.15) is 5.56 Å². The highest BCUT2D eigenvalue weighted by atomic mass is 32.2. The minimum Gasteiger partial charge on any atom is -0.282 e. The third kappa shape index (κ3) is 4.61. The third-order valence-corrected chi connectivity index (χ3v) is 6.22. The zero-order chi connectivity index (χ0) is 21.0. The van der Waals surface area contributed by atoms with E-state index in [1.807, 2.05) is 0 Å². The number of amides is 1. The summed E-state index contributed by atoms with van der Waals surface area (Å²) in [5, 5.41) is 10.9. The zero-order valence-corrected chi connectivity index (χ0v) is 16.6. The molecule has 148 valence electrons. The Labute approximate surface area is 171 Å². The van der Waals surface area contributed by atoms with Crippen LogP contribution < -0.4 is 0 Å². The lowest BCUT2D eigenvalue weighted by molar-refractivity contribution is -0.384. The molecule has 0 saturated carbocycles. The quantitative estimate of drug-likeness (QED) is 0.301. The third-order valence-electron chi connectivity index (χ3n) is 3.82. The normalized spacial score (nSPS) is 17.1. The monoisotopic (exact) mass is 429 g/mol. The van der Waals surface area contributed by atoms with Crippen LogP contribution in [-0.4, -0.2) is 35.9 Å². The summed E-state index contributed by atoms with van der Waals surface area (Å²) in [6.45, 7) is 3.66. The Bertz CT molecular complexity index is 1140. The highest BCUT2D eigenvalue weighted by Gasteiger charge is 2.34. The summed E-state index contributed by atoms with van der Waals surface area (Å²) in [4.78, 5) is 24.5. The number of hydrogen-bond donors (Lipinski definition) is 0. The van der Waals surface area contributed by atoms with Crippen LogP contribution in [0.4, 0.5) is 5.69 Å². The predicted octanol–water partition coefficient (Wildman–Crippen LogP) is 3.44. The number of benzene rings is 2. The summed E-state index contributed by atoms with van der Waals surface area (Å²) in [5.41, 5.74) is 0.332. The Kier molecular flexibility index (Phi) is 5.95. The number of rotatable bonds is 6. The van der Waals surface area contributed by atoms with Crippen molar-refractivity contribution in [1.29, 1.82) is 0 Å². The van der Waals surface area contributed by atoms with Crippen LogP contribution >= 0.6 is 11.8 Å². The van der Waals surface area contributed by atoms with Crippen LogP contribution in [0, 0.1) is 10.1 Å². The van der Waals surface area contributed by atoms with Gasteiger partial charge >= 0.3 is 0 Å². The largest absolute Gasteiger partial charge is 0.284 e. The van der Waals surface area contributed by atoms with Crippen molar-refractivity contribution in [2.45, 2.75) is 4.90 Å². The van der Waals surface area contributed by atoms with Gasteiger partial charge in [0.25, 0.3) is 21.6 Å². The van der Waals surface area contributed by atoms with E-state index < -0.39 is 20.9 Å². The van der Waals surface area contributed by atoms with Crippen molar-refractivity contribution in [2.75, 3.05) is 6.54 Å². The molecule has 1 aliphatic rings. The average molecular weight is 429 g/mol. The van der Waals surface area contributed by atoms with Crippen LogP contribution in [0.2, 0.25) is 0 Å². The highest BCUT2D eigenvalue weighted by molar-refractivity contribution is 8.19. The van der Waals surface area contributed by atoms with E-state index in [0.29, 0.717) is 5.56 Å². The van der Waals surface area contributed by atoms with Crippen molar-refractivity contribution in [1.82, 2.24) is 4.90 Å². The average Bonchev–Trinajstić information content (AvgIpc) is 2.97. The maximum atomic E-state index is 12.7. The number of carbonyl (C=O) groups excluding carboxylic acids is 1. The molecular formula is C19H15N3O5S2. The molecule has 8 nitrogen and oxygen atoms in total. The molecular weight excluding hydrogens is 414 g/mol. The molecule has 0 radical (unpaired) electrons. The Balaban J connectivity index is 2.00. The van der Waals surface area contributed by atoms with Crippen molar-refractivity contribution in [3.63, 3.8) is 0 Å². The van der Waals surface area contributed by atoms with Gasteiger partial charge in [0, 0.05) is 18.7 Å². The van der Waals surface area contributed by atoms with Crippen LogP contribution in [0.3, 0.4) is 0 Å². The molecule has 29 heavy (non-hydrogen) atoms. The van der Waals surface area contributed by atoms with Crippen molar-refractivity contribution >= 4 is 44.6 Å². The van der Waals surface area contributed by atoms with Crippen LogP contribution in [0.25, 0.3) is 6.08 Å². The lowest BCUT2D eigenvalue weighted by Crippen LogP contribution is -2.29. The van der Waals surface area contributed by atoms with Crippen LogP contribution in [0.5, 0.6) is 0 Å². The second kappa shape index (κ2) is 8.41. The molecule has 1 heterocycles. The molecule has 0 atom stereocenters. The van der Waals surface area contributed by atoms with E-state index in [9.17, 15) is 23.3 Å². The van der Waals surface area contributed by atoms with Gasteiger partial charge in [-0.05, 0) is 35.5 Å². The standard InChI is InChI=1S/C19H15N3O5S2/c1-2-11-21-18(23)17(13-14-7-6-8-15(12-14)22(24)25)28-19(21)20-29(26,27)16-9-4-3-5-10-16/h2-10,12-13H,1,11H2/b17-13-,20-19?. The summed E-state index contributed by atoms with van der Waals surface area (Å²) in [7, 11) is -4.01. The molecule has 3 rings (SSSR count). The fourth-order valence-electron chi connectivity index (χ4n) is 2.49. The Hall–Kier alpha value is -3.24. The van der Waals surface area contributed by atoms with E-state index >= 15 is 0 Å². The SMILES string of the molecule is C=CCN1C(=O)/C(=C/c2cccc([N+](=O)[O-])c2)SC1=NS(=O)(=O)c1ccccc1. The molecule has 2 aromatic rings. The summed E-state index contributed by atoms with van der Waals surface area (Å²) in [6, 6.07) is 13.5. The van der Waals surface area contributed by atoms with Gasteiger partial charge in [-0.25, -0.2) is 0 Å². The molecule has 1 saturated heterocycles. The molecule has 2 aromatic carbocycles. The van der Waals surface area contributed by atoms with Crippen LogP contribution in [0.15, 0.2) is 81.5 Å². The fourth-order valence-corrected chi connectivity index (χ4v) is 4.70. The van der Waals surface area contributed by atoms with Crippen molar-refractivity contribution < 1.29 is 18.1 Å². The Morgan fingerprint density at radius 1 is 1.17 bits per heavy atom. The van der Waals surface area contributed by atoms with E-state index in [4.69, 9.17) is 0 Å². The highest BCUT2D eigenvalue weighted by Crippen LogP contribution is 2.34. The van der Waals surface area contributed by atoms with Gasteiger partial charge in [0.1, 0.15) is 0 Å². The molecule has 0 bridgehead atoms. The van der Waals surface area contributed by atoms with E-state index in [-0.39, 0.29) is 27.2 Å². The number of non-ortho nitro benzene ring substituents is 1. The predicted molar refractivity (Wildman–Crippen MR) is 112 cm³/mol. The van der Waals surface area contributed by atoms with Gasteiger partial charge in [0.15, 0.2) is 5.17 Å². The maximum Gasteiger partial charge on any atom is 0.284 e. The van der Waals surface area contributed by atoms with E-state index in [1.165, 1.54) is 47.4 Å². The fraction of sp³-hybridized carbons (Fsp3) is 0.0526. The zero-order valence-electron chi connectivity index (χ0n) is 15.0. The Morgan fingerprint density at radius 2 is 1.90 bits per heavy atom. The molecule has 1 amide bonds. The summed E-state index contributed by atoms with van der Waals surface area (Å²) >= 11 is 0.888. The first-order chi connectivity index (χ1) is 13.8. The molecule has 0 spiro atoms. The van der Waals surface area contributed by atoms with Gasteiger partial charge in [-0.15, -0.1) is 11.0 Å². The van der Waals surface area contributed by atoms with Gasteiger partial charge in [-0.3, -0.25) is 19.8 Å². The van der Waals surface area contributed by atoms with Crippen molar-refractivity contribution in [2.24, 2.45) is 4.40 Å². The lowest BCUT2D eigenvalue weighted by atomic mass is 10.2. The number of nitrogens with zero attached hydrogens (tertiary/aromatic N) is 3. The molecule has 1 aliphatic heterocycles. The first-order valence-electron chi connectivity index (χ1n) is 8.28. The number of thioether (sulfide) groups is 1. The first kappa shape index (κ1) is 20.5. The van der Waals surface area contributed by atoms with Gasteiger partial charge in [-0.1, -0.05) is 36.4 Å². The van der Waals surface area contributed by atoms with Gasteiger partial charge in [0.2, 0.25) is 0 Å². The minimum atomic E-state index is -4.01. The van der Waals surface area contributed by atoms with E-state index in [2.05, 4.69) is 11.0 Å². The van der Waals surface area contributed by atoms with Gasteiger partial charge in [-0.2, -0.15) is 8.42 Å². The minimum absolute atomic E-state index is 0.00423. The number of carbonyl (C=O) groups is 1. The molecule has 0 aliphatic carbocycles. The number of amidine groups is 1. The summed E-state index contributed by atoms with van der Waals surface area (Å²) in [5.74, 6) is -0.455. The lowest BCUT2D eigenvalue weighted by Gasteiger charge is -2.12. The molecule has 0 N–H and O–H groups in total. The first-order valence-corrected chi connectivity index (χ1v) is 10.5. The van der Waals surface area contributed by atoms with Crippen LogP contribution in [-0.2, 0) is 14.8 Å². The smallest absolute Gasteiger partial charge is 0.282 e. The molecule has 10 heteroatoms. The van der Waals surface area contributed by atoms with E-state index in [0.717, 1.165) is 11.8 Å². The molecule has 0 aromatic heterocycles. The number of nitro groups is 1. The molecule has 0 unspecified atom stereocenters.